The first-order valence-corrected chi connectivity index (χ1v) is 4.81. The molecule has 0 aromatic heterocycles. The molecule has 2 unspecified atom stereocenters. The van der Waals surface area contributed by atoms with E-state index >= 15 is 0 Å². The van der Waals surface area contributed by atoms with E-state index in [1.165, 1.54) is 6.08 Å². The molecule has 0 heterocycles. The Balaban J connectivity index is 4.89. The summed E-state index contributed by atoms with van der Waals surface area (Å²) in [4.78, 5) is 10.9. The van der Waals surface area contributed by atoms with E-state index < -0.39 is 17.8 Å². The topological polar surface area (TPSA) is 61.1 Å². The van der Waals surface area contributed by atoms with Gasteiger partial charge in [0.2, 0.25) is 0 Å². The van der Waals surface area contributed by atoms with E-state index in [0.29, 0.717) is 0 Å². The van der Waals surface area contributed by atoms with Crippen molar-refractivity contribution >= 4 is 29.2 Å². The van der Waals surface area contributed by atoms with Crippen molar-refractivity contribution in [2.24, 2.45) is 17.8 Å². The largest absolute Gasteiger partial charge is 0.481 e. The number of hydrogen-bond acceptors (Lipinski definition) is 2. The molecule has 0 aromatic carbocycles. The van der Waals surface area contributed by atoms with E-state index in [1.54, 1.807) is 13.8 Å². The fourth-order valence-electron chi connectivity index (χ4n) is 1.21. The van der Waals surface area contributed by atoms with Crippen LogP contribution < -0.4 is 0 Å². The lowest BCUT2D eigenvalue weighted by Gasteiger charge is -2.18. The molecule has 0 saturated carbocycles. The molecule has 78 valence electrons. The number of carboxylic acid groups (broad SMARTS) is 1. The number of aliphatic carboxylic acids is 1. The summed E-state index contributed by atoms with van der Waals surface area (Å²) in [6.45, 7) is 3.47. The van der Waals surface area contributed by atoms with Crippen LogP contribution in [0.25, 0.3) is 0 Å². The highest BCUT2D eigenvalue weighted by atomic mass is 35.5. The quantitative estimate of drug-likeness (QED) is 0.816. The normalized spacial score (nSPS) is 14.3. The van der Waals surface area contributed by atoms with Crippen LogP contribution in [0.3, 0.4) is 0 Å². The maximum Gasteiger partial charge on any atom is 0.308 e. The number of halogens is 2. The highest BCUT2D eigenvalue weighted by Crippen LogP contribution is 2.25. The van der Waals surface area contributed by atoms with Gasteiger partial charge in [0, 0.05) is 0 Å². The first kappa shape index (κ1) is 13.3. The van der Waals surface area contributed by atoms with Crippen molar-refractivity contribution in [1.29, 1.82) is 5.26 Å². The van der Waals surface area contributed by atoms with Gasteiger partial charge in [-0.05, 0) is 12.0 Å². The lowest BCUT2D eigenvalue weighted by Crippen LogP contribution is -2.26. The highest BCUT2D eigenvalue weighted by molar-refractivity contribution is 6.55. The van der Waals surface area contributed by atoms with E-state index in [-0.39, 0.29) is 10.4 Å². The Kier molecular flexibility index (Phi) is 5.59. The molecule has 0 aliphatic rings. The van der Waals surface area contributed by atoms with Crippen LogP contribution in [0, 0.1) is 29.1 Å². The monoisotopic (exact) mass is 235 g/mol. The van der Waals surface area contributed by atoms with E-state index in [4.69, 9.17) is 33.6 Å². The molecule has 0 saturated heterocycles. The average molecular weight is 236 g/mol. The van der Waals surface area contributed by atoms with Crippen molar-refractivity contribution in [2.75, 3.05) is 0 Å². The molecule has 0 amide bonds. The predicted octanol–water partition coefficient (Wildman–Crippen LogP) is 2.80. The average Bonchev–Trinajstić information content (AvgIpc) is 2.00. The molecule has 5 heteroatoms. The second kappa shape index (κ2) is 5.90. The molecule has 2 atom stereocenters. The van der Waals surface area contributed by atoms with E-state index in [2.05, 4.69) is 0 Å². The first-order valence-electron chi connectivity index (χ1n) is 4.05. The Hall–Kier alpha value is -0.720. The molecular formula is C9H11Cl2NO2. The maximum atomic E-state index is 10.9. The fraction of sp³-hybridized carbons (Fsp3) is 0.556. The third kappa shape index (κ3) is 3.99. The van der Waals surface area contributed by atoms with Gasteiger partial charge in [0.1, 0.15) is 4.49 Å². The Labute approximate surface area is 92.9 Å². The van der Waals surface area contributed by atoms with Crippen LogP contribution in [0.15, 0.2) is 10.6 Å². The van der Waals surface area contributed by atoms with E-state index in [1.807, 2.05) is 6.07 Å². The first-order chi connectivity index (χ1) is 6.40. The number of carboxylic acids is 1. The van der Waals surface area contributed by atoms with E-state index in [0.717, 1.165) is 0 Å². The molecule has 0 aliphatic carbocycles. The van der Waals surface area contributed by atoms with Crippen LogP contribution in [0.5, 0.6) is 0 Å². The number of allylic oxidation sites excluding steroid dienone is 1. The van der Waals surface area contributed by atoms with Gasteiger partial charge in [0.25, 0.3) is 0 Å². The summed E-state index contributed by atoms with van der Waals surface area (Å²) in [5.41, 5.74) is 0. The summed E-state index contributed by atoms with van der Waals surface area (Å²) in [7, 11) is 0. The zero-order valence-corrected chi connectivity index (χ0v) is 9.38. The minimum Gasteiger partial charge on any atom is -0.481 e. The van der Waals surface area contributed by atoms with Gasteiger partial charge in [-0.1, -0.05) is 37.0 Å². The Bertz CT molecular complexity index is 277. The molecule has 3 nitrogen and oxygen atoms in total. The van der Waals surface area contributed by atoms with Gasteiger partial charge in [-0.25, -0.2) is 0 Å². The third-order valence-corrected chi connectivity index (χ3v) is 2.10. The Morgan fingerprint density at radius 1 is 1.50 bits per heavy atom. The molecule has 0 fully saturated rings. The minimum atomic E-state index is -1.02. The molecule has 0 aromatic rings. The van der Waals surface area contributed by atoms with Crippen molar-refractivity contribution in [1.82, 2.24) is 0 Å². The summed E-state index contributed by atoms with van der Waals surface area (Å²) < 4.78 is -0.0801. The van der Waals surface area contributed by atoms with Crippen LogP contribution in [0.2, 0.25) is 0 Å². The van der Waals surface area contributed by atoms with Crippen molar-refractivity contribution in [2.45, 2.75) is 13.8 Å². The van der Waals surface area contributed by atoms with Crippen LogP contribution in [-0.2, 0) is 4.79 Å². The van der Waals surface area contributed by atoms with Crippen molar-refractivity contribution < 1.29 is 9.90 Å². The molecule has 0 bridgehead atoms. The summed E-state index contributed by atoms with van der Waals surface area (Å²) in [5.74, 6) is -2.75. The Morgan fingerprint density at radius 3 is 2.21 bits per heavy atom. The summed E-state index contributed by atoms with van der Waals surface area (Å²) in [6, 6.07) is 1.87. The number of nitriles is 1. The molecule has 1 N–H and O–H groups in total. The zero-order valence-electron chi connectivity index (χ0n) is 7.87. The van der Waals surface area contributed by atoms with Crippen molar-refractivity contribution in [3.05, 3.63) is 10.6 Å². The summed E-state index contributed by atoms with van der Waals surface area (Å²) >= 11 is 10.8. The molecule has 0 rings (SSSR count). The molecule has 0 radical (unpaired) electrons. The number of carbonyl (C=O) groups is 1. The fourth-order valence-corrected chi connectivity index (χ4v) is 1.48. The predicted molar refractivity (Wildman–Crippen MR) is 54.9 cm³/mol. The van der Waals surface area contributed by atoms with Gasteiger partial charge in [0.15, 0.2) is 0 Å². The molecular weight excluding hydrogens is 225 g/mol. The summed E-state index contributed by atoms with van der Waals surface area (Å²) in [5, 5.41) is 17.7. The van der Waals surface area contributed by atoms with Crippen molar-refractivity contribution in [3.8, 4) is 6.07 Å². The molecule has 0 spiro atoms. The van der Waals surface area contributed by atoms with Gasteiger partial charge in [-0.15, -0.1) is 0 Å². The second-order valence-corrected chi connectivity index (χ2v) is 4.23. The Morgan fingerprint density at radius 2 is 2.00 bits per heavy atom. The van der Waals surface area contributed by atoms with Crippen LogP contribution in [-0.4, -0.2) is 11.1 Å². The van der Waals surface area contributed by atoms with Crippen molar-refractivity contribution in [3.63, 3.8) is 0 Å². The maximum absolute atomic E-state index is 10.9. The zero-order chi connectivity index (χ0) is 11.3. The number of rotatable bonds is 4. The minimum absolute atomic E-state index is 0.0801. The van der Waals surface area contributed by atoms with Crippen LogP contribution in [0.4, 0.5) is 0 Å². The van der Waals surface area contributed by atoms with Gasteiger partial charge in [-0.3, -0.25) is 4.79 Å². The van der Waals surface area contributed by atoms with Gasteiger partial charge >= 0.3 is 5.97 Å². The SMILES string of the molecule is CC(C)C(C(=O)O)C(C#N)C=C(Cl)Cl. The number of nitrogens with zero attached hydrogens (tertiary/aromatic N) is 1. The second-order valence-electron chi connectivity index (χ2n) is 3.22. The lowest BCUT2D eigenvalue weighted by molar-refractivity contribution is -0.144. The summed E-state index contributed by atoms with van der Waals surface area (Å²) in [6.07, 6.45) is 1.25. The third-order valence-electron chi connectivity index (χ3n) is 1.84. The van der Waals surface area contributed by atoms with Gasteiger partial charge in [0.05, 0.1) is 17.9 Å². The van der Waals surface area contributed by atoms with Gasteiger partial charge in [-0.2, -0.15) is 5.26 Å². The smallest absolute Gasteiger partial charge is 0.308 e. The molecule has 14 heavy (non-hydrogen) atoms. The van der Waals surface area contributed by atoms with Crippen LogP contribution >= 0.6 is 23.2 Å². The standard InChI is InChI=1S/C9H11Cl2NO2/c1-5(2)8(9(13)14)6(4-12)3-7(10)11/h3,5-6,8H,1-2H3,(H,13,14). The highest BCUT2D eigenvalue weighted by Gasteiger charge is 2.29. The number of hydrogen-bond donors (Lipinski definition) is 1. The van der Waals surface area contributed by atoms with Gasteiger partial charge < -0.3 is 5.11 Å². The van der Waals surface area contributed by atoms with E-state index in [9.17, 15) is 4.79 Å². The lowest BCUT2D eigenvalue weighted by atomic mass is 9.84. The molecule has 0 aliphatic heterocycles. The van der Waals surface area contributed by atoms with Crippen LogP contribution in [0.1, 0.15) is 13.8 Å².